The Morgan fingerprint density at radius 1 is 1.12 bits per heavy atom. The smallest absolute Gasteiger partial charge is 0.270 e. The molecule has 1 saturated carbocycles. The number of hydrogen-bond donors (Lipinski definition) is 2. The molecule has 0 unspecified atom stereocenters. The summed E-state index contributed by atoms with van der Waals surface area (Å²) in [5.41, 5.74) is 2.44. The Balaban J connectivity index is 1.67. The van der Waals surface area contributed by atoms with E-state index in [9.17, 15) is 4.79 Å². The number of nitrogens with one attached hydrogen (secondary N) is 2. The van der Waals surface area contributed by atoms with E-state index in [2.05, 4.69) is 20.6 Å². The van der Waals surface area contributed by atoms with Crippen LogP contribution in [0.5, 0.6) is 0 Å². The Bertz CT molecular complexity index is 693. The van der Waals surface area contributed by atoms with Gasteiger partial charge in [0, 0.05) is 37.6 Å². The maximum absolute atomic E-state index is 12.3. The van der Waals surface area contributed by atoms with E-state index in [0.717, 1.165) is 24.2 Å². The molecule has 3 rings (SSSR count). The maximum atomic E-state index is 12.3. The highest BCUT2D eigenvalue weighted by molar-refractivity contribution is 5.93. The molecule has 0 bridgehead atoms. The standard InChI is InChI=1S/C18H23N5O/c1-23(2)15-9-7-14(8-10-15)21-17-11-16(19-12-20-17)18(24)22-13-5-3-4-6-13/h7-13H,3-6H2,1-2H3,(H,22,24)(H,19,20,21). The van der Waals surface area contributed by atoms with Crippen molar-refractivity contribution >= 4 is 23.1 Å². The summed E-state index contributed by atoms with van der Waals surface area (Å²) in [6.45, 7) is 0. The van der Waals surface area contributed by atoms with Crippen LogP contribution in [0.2, 0.25) is 0 Å². The summed E-state index contributed by atoms with van der Waals surface area (Å²) in [6.07, 6.45) is 5.90. The minimum atomic E-state index is -0.129. The van der Waals surface area contributed by atoms with Gasteiger partial charge in [-0.1, -0.05) is 12.8 Å². The molecule has 0 aliphatic heterocycles. The van der Waals surface area contributed by atoms with Crippen molar-refractivity contribution in [1.29, 1.82) is 0 Å². The molecule has 0 atom stereocenters. The Morgan fingerprint density at radius 3 is 2.50 bits per heavy atom. The average molecular weight is 325 g/mol. The van der Waals surface area contributed by atoms with Crippen LogP contribution in [0.1, 0.15) is 36.2 Å². The highest BCUT2D eigenvalue weighted by atomic mass is 16.1. The summed E-state index contributed by atoms with van der Waals surface area (Å²) >= 11 is 0. The van der Waals surface area contributed by atoms with E-state index in [1.54, 1.807) is 6.07 Å². The van der Waals surface area contributed by atoms with Crippen LogP contribution in [0, 0.1) is 0 Å². The van der Waals surface area contributed by atoms with Gasteiger partial charge in [0.25, 0.3) is 5.91 Å². The number of aromatic nitrogens is 2. The normalized spacial score (nSPS) is 14.4. The van der Waals surface area contributed by atoms with Crippen molar-refractivity contribution in [2.24, 2.45) is 0 Å². The second kappa shape index (κ2) is 7.29. The topological polar surface area (TPSA) is 70.2 Å². The monoisotopic (exact) mass is 325 g/mol. The van der Waals surface area contributed by atoms with Crippen molar-refractivity contribution in [3.05, 3.63) is 42.4 Å². The van der Waals surface area contributed by atoms with Crippen LogP contribution in [0.4, 0.5) is 17.2 Å². The zero-order valence-electron chi connectivity index (χ0n) is 14.1. The van der Waals surface area contributed by atoms with Gasteiger partial charge in [0.1, 0.15) is 17.8 Å². The number of benzene rings is 1. The molecule has 1 heterocycles. The molecule has 24 heavy (non-hydrogen) atoms. The third-order valence-electron chi connectivity index (χ3n) is 4.25. The first kappa shape index (κ1) is 16.2. The number of rotatable bonds is 5. The third-order valence-corrected chi connectivity index (χ3v) is 4.25. The second-order valence-electron chi connectivity index (χ2n) is 6.31. The van der Waals surface area contributed by atoms with Crippen molar-refractivity contribution in [3.63, 3.8) is 0 Å². The third kappa shape index (κ3) is 4.01. The Morgan fingerprint density at radius 2 is 1.83 bits per heavy atom. The summed E-state index contributed by atoms with van der Waals surface area (Å²) < 4.78 is 0. The molecule has 0 spiro atoms. The summed E-state index contributed by atoms with van der Waals surface area (Å²) in [6, 6.07) is 9.98. The molecular weight excluding hydrogens is 302 g/mol. The summed E-state index contributed by atoms with van der Waals surface area (Å²) in [4.78, 5) is 22.6. The molecule has 1 aliphatic rings. The molecule has 1 amide bonds. The Hall–Kier alpha value is -2.63. The molecule has 1 aliphatic carbocycles. The molecule has 2 N–H and O–H groups in total. The van der Waals surface area contributed by atoms with Gasteiger partial charge in [-0.25, -0.2) is 9.97 Å². The van der Waals surface area contributed by atoms with Gasteiger partial charge >= 0.3 is 0 Å². The van der Waals surface area contributed by atoms with Crippen molar-refractivity contribution in [3.8, 4) is 0 Å². The number of carbonyl (C=O) groups excluding carboxylic acids is 1. The Labute approximate surface area is 142 Å². The lowest BCUT2D eigenvalue weighted by Gasteiger charge is -2.14. The molecule has 126 valence electrons. The molecule has 0 saturated heterocycles. The zero-order chi connectivity index (χ0) is 16.9. The first-order valence-electron chi connectivity index (χ1n) is 8.29. The van der Waals surface area contributed by atoms with Gasteiger partial charge in [-0.05, 0) is 37.1 Å². The minimum Gasteiger partial charge on any atom is -0.378 e. The van der Waals surface area contributed by atoms with Crippen LogP contribution in [-0.2, 0) is 0 Å². The molecule has 1 fully saturated rings. The van der Waals surface area contributed by atoms with Crippen molar-refractivity contribution in [1.82, 2.24) is 15.3 Å². The number of nitrogens with zero attached hydrogens (tertiary/aromatic N) is 3. The predicted octanol–water partition coefficient (Wildman–Crippen LogP) is 2.96. The highest BCUT2D eigenvalue weighted by Crippen LogP contribution is 2.20. The van der Waals surface area contributed by atoms with E-state index >= 15 is 0 Å². The van der Waals surface area contributed by atoms with Crippen molar-refractivity contribution < 1.29 is 4.79 Å². The van der Waals surface area contributed by atoms with E-state index in [4.69, 9.17) is 0 Å². The van der Waals surface area contributed by atoms with Crippen LogP contribution in [0.15, 0.2) is 36.7 Å². The number of hydrogen-bond acceptors (Lipinski definition) is 5. The second-order valence-corrected chi connectivity index (χ2v) is 6.31. The van der Waals surface area contributed by atoms with Crippen LogP contribution in [0.3, 0.4) is 0 Å². The summed E-state index contributed by atoms with van der Waals surface area (Å²) in [5, 5.41) is 6.25. The number of anilines is 3. The molecule has 0 radical (unpaired) electrons. The lowest BCUT2D eigenvalue weighted by molar-refractivity contribution is 0.0932. The largest absolute Gasteiger partial charge is 0.378 e. The maximum Gasteiger partial charge on any atom is 0.270 e. The Kier molecular flexibility index (Phi) is 4.93. The van der Waals surface area contributed by atoms with E-state index < -0.39 is 0 Å². The fourth-order valence-corrected chi connectivity index (χ4v) is 2.87. The molecule has 2 aromatic rings. The quantitative estimate of drug-likeness (QED) is 0.884. The van der Waals surface area contributed by atoms with Gasteiger partial charge in [-0.2, -0.15) is 0 Å². The molecule has 1 aromatic carbocycles. The van der Waals surface area contributed by atoms with Crippen LogP contribution >= 0.6 is 0 Å². The molecular formula is C18H23N5O. The number of carbonyl (C=O) groups is 1. The van der Waals surface area contributed by atoms with Crippen LogP contribution in [0.25, 0.3) is 0 Å². The lowest BCUT2D eigenvalue weighted by Crippen LogP contribution is -2.33. The predicted molar refractivity (Wildman–Crippen MR) is 95.8 cm³/mol. The fraction of sp³-hybridized carbons (Fsp3) is 0.389. The van der Waals surface area contributed by atoms with E-state index in [1.165, 1.54) is 19.2 Å². The SMILES string of the molecule is CN(C)c1ccc(Nc2cc(C(=O)NC3CCCC3)ncn2)cc1. The van der Waals surface area contributed by atoms with Gasteiger partial charge in [-0.3, -0.25) is 4.79 Å². The summed E-state index contributed by atoms with van der Waals surface area (Å²) in [7, 11) is 4.00. The first-order valence-corrected chi connectivity index (χ1v) is 8.29. The van der Waals surface area contributed by atoms with Crippen LogP contribution < -0.4 is 15.5 Å². The average Bonchev–Trinajstić information content (AvgIpc) is 3.08. The molecule has 1 aromatic heterocycles. The van der Waals surface area contributed by atoms with E-state index in [0.29, 0.717) is 11.5 Å². The van der Waals surface area contributed by atoms with E-state index in [-0.39, 0.29) is 11.9 Å². The van der Waals surface area contributed by atoms with Gasteiger partial charge < -0.3 is 15.5 Å². The summed E-state index contributed by atoms with van der Waals surface area (Å²) in [5.74, 6) is 0.481. The van der Waals surface area contributed by atoms with Gasteiger partial charge in [-0.15, -0.1) is 0 Å². The van der Waals surface area contributed by atoms with Gasteiger partial charge in [0.05, 0.1) is 0 Å². The van der Waals surface area contributed by atoms with Gasteiger partial charge in [0.2, 0.25) is 0 Å². The first-order chi connectivity index (χ1) is 11.6. The van der Waals surface area contributed by atoms with E-state index in [1.807, 2.05) is 43.3 Å². The van der Waals surface area contributed by atoms with Crippen LogP contribution in [-0.4, -0.2) is 36.0 Å². The van der Waals surface area contributed by atoms with Crippen molar-refractivity contribution in [2.75, 3.05) is 24.3 Å². The van der Waals surface area contributed by atoms with Gasteiger partial charge in [0.15, 0.2) is 0 Å². The fourth-order valence-electron chi connectivity index (χ4n) is 2.87. The molecule has 6 heteroatoms. The minimum absolute atomic E-state index is 0.129. The highest BCUT2D eigenvalue weighted by Gasteiger charge is 2.18. The molecule has 6 nitrogen and oxygen atoms in total. The lowest BCUT2D eigenvalue weighted by atomic mass is 10.2. The van der Waals surface area contributed by atoms with Crippen molar-refractivity contribution in [2.45, 2.75) is 31.7 Å². The number of amides is 1. The zero-order valence-corrected chi connectivity index (χ0v) is 14.1.